The lowest BCUT2D eigenvalue weighted by molar-refractivity contribution is -0.396. The van der Waals surface area contributed by atoms with Crippen LogP contribution in [-0.2, 0) is 11.3 Å². The third-order valence-electron chi connectivity index (χ3n) is 3.35. The number of hydrogen-bond acceptors (Lipinski definition) is 2. The first-order chi connectivity index (χ1) is 10.7. The smallest absolute Gasteiger partial charge is 0.315 e. The Bertz CT molecular complexity index is 783. The molecule has 22 heavy (non-hydrogen) atoms. The molecule has 2 aromatic carbocycles. The monoisotopic (exact) mass is 312 g/mol. The lowest BCUT2D eigenvalue weighted by atomic mass is 10.2. The molecule has 0 atom stereocenters. The number of aryl methyl sites for hydroxylation is 1. The van der Waals surface area contributed by atoms with E-state index in [1.165, 1.54) is 17.3 Å². The molecule has 0 spiro atoms. The molecule has 1 heterocycles. The van der Waals surface area contributed by atoms with Crippen LogP contribution in [0.1, 0.15) is 11.1 Å². The minimum Gasteiger partial charge on any atom is -0.351 e. The van der Waals surface area contributed by atoms with Crippen molar-refractivity contribution in [1.82, 2.24) is 10.3 Å². The van der Waals surface area contributed by atoms with Crippen LogP contribution in [0.15, 0.2) is 53.7 Å². The zero-order chi connectivity index (χ0) is 15.4. The molecule has 5 heteroatoms. The van der Waals surface area contributed by atoms with Crippen molar-refractivity contribution in [2.24, 2.45) is 0 Å². The summed E-state index contributed by atoms with van der Waals surface area (Å²) in [5, 5.41) is 3.82. The molecule has 3 N–H and O–H groups in total. The molecule has 4 nitrogen and oxygen atoms in total. The molecule has 1 amide bonds. The second kappa shape index (κ2) is 6.66. The van der Waals surface area contributed by atoms with E-state index in [1.807, 2.05) is 36.4 Å². The fraction of sp³-hybridized carbons (Fsp3) is 0.176. The highest BCUT2D eigenvalue weighted by molar-refractivity contribution is 7.99. The third kappa shape index (κ3) is 3.68. The van der Waals surface area contributed by atoms with E-state index in [0.29, 0.717) is 12.3 Å². The number of rotatable bonds is 5. The van der Waals surface area contributed by atoms with Crippen LogP contribution in [0, 0.1) is 6.92 Å². The Kier molecular flexibility index (Phi) is 4.44. The fourth-order valence-corrected chi connectivity index (χ4v) is 2.95. The highest BCUT2D eigenvalue weighted by Crippen LogP contribution is 2.16. The van der Waals surface area contributed by atoms with Gasteiger partial charge in [0.15, 0.2) is 11.0 Å². The van der Waals surface area contributed by atoms with Crippen molar-refractivity contribution in [2.45, 2.75) is 18.6 Å². The van der Waals surface area contributed by atoms with E-state index < -0.39 is 0 Å². The zero-order valence-corrected chi connectivity index (χ0v) is 13.2. The second-order valence-electron chi connectivity index (χ2n) is 5.18. The summed E-state index contributed by atoms with van der Waals surface area (Å²) in [7, 11) is 0. The van der Waals surface area contributed by atoms with E-state index in [0.717, 1.165) is 21.8 Å². The summed E-state index contributed by atoms with van der Waals surface area (Å²) in [4.78, 5) is 18.5. The summed E-state index contributed by atoms with van der Waals surface area (Å²) >= 11 is 1.47. The van der Waals surface area contributed by atoms with Gasteiger partial charge < -0.3 is 5.32 Å². The lowest BCUT2D eigenvalue weighted by Gasteiger charge is -2.03. The summed E-state index contributed by atoms with van der Waals surface area (Å²) in [6, 6.07) is 16.1. The predicted octanol–water partition coefficient (Wildman–Crippen LogP) is 2.70. The molecule has 0 aliphatic rings. The Labute approximate surface area is 133 Å². The van der Waals surface area contributed by atoms with Gasteiger partial charge in [-0.2, -0.15) is 0 Å². The van der Waals surface area contributed by atoms with Crippen LogP contribution >= 0.6 is 11.8 Å². The quantitative estimate of drug-likeness (QED) is 0.712. The van der Waals surface area contributed by atoms with E-state index in [-0.39, 0.29) is 5.91 Å². The van der Waals surface area contributed by atoms with Gasteiger partial charge in [-0.25, -0.2) is 9.97 Å². The van der Waals surface area contributed by atoms with Gasteiger partial charge in [0, 0.05) is 6.54 Å². The van der Waals surface area contributed by atoms with Crippen LogP contribution in [0.4, 0.5) is 0 Å². The molecule has 0 aliphatic carbocycles. The summed E-state index contributed by atoms with van der Waals surface area (Å²) in [5.74, 6) is 0.409. The number of thioether (sulfide) groups is 1. The standard InChI is InChI=1S/C17H17N3OS/c1-12-7-8-14-15(9-12)20-17(19-14)22-11-16(21)18-10-13-5-3-2-4-6-13/h2-9H,10-11H2,1H3,(H,18,21)(H,19,20)/p+1. The van der Waals surface area contributed by atoms with Gasteiger partial charge in [0.1, 0.15) is 0 Å². The highest BCUT2D eigenvalue weighted by Gasteiger charge is 2.12. The van der Waals surface area contributed by atoms with Crippen molar-refractivity contribution >= 4 is 28.7 Å². The van der Waals surface area contributed by atoms with E-state index in [9.17, 15) is 4.79 Å². The van der Waals surface area contributed by atoms with E-state index >= 15 is 0 Å². The molecule has 3 rings (SSSR count). The van der Waals surface area contributed by atoms with Crippen molar-refractivity contribution in [3.05, 3.63) is 59.7 Å². The summed E-state index contributed by atoms with van der Waals surface area (Å²) in [6.45, 7) is 2.62. The largest absolute Gasteiger partial charge is 0.351 e. The third-order valence-corrected chi connectivity index (χ3v) is 4.25. The molecule has 0 unspecified atom stereocenters. The molecule has 0 radical (unpaired) electrons. The fourth-order valence-electron chi connectivity index (χ4n) is 2.20. The van der Waals surface area contributed by atoms with Crippen LogP contribution in [0.25, 0.3) is 11.0 Å². The van der Waals surface area contributed by atoms with Gasteiger partial charge in [-0.1, -0.05) is 36.4 Å². The van der Waals surface area contributed by atoms with E-state index in [2.05, 4.69) is 34.3 Å². The number of amides is 1. The average molecular weight is 312 g/mol. The van der Waals surface area contributed by atoms with Crippen LogP contribution in [0.3, 0.4) is 0 Å². The molecule has 1 aromatic heterocycles. The number of imidazole rings is 1. The molecule has 0 saturated carbocycles. The number of aromatic amines is 2. The predicted molar refractivity (Wildman–Crippen MR) is 88.6 cm³/mol. The molecule has 3 aromatic rings. The van der Waals surface area contributed by atoms with Crippen molar-refractivity contribution in [1.29, 1.82) is 0 Å². The number of nitrogens with one attached hydrogen (secondary N) is 3. The van der Waals surface area contributed by atoms with Crippen molar-refractivity contribution in [3.63, 3.8) is 0 Å². The molecule has 0 bridgehead atoms. The van der Waals surface area contributed by atoms with Crippen molar-refractivity contribution in [3.8, 4) is 0 Å². The summed E-state index contributed by atoms with van der Waals surface area (Å²) in [6.07, 6.45) is 0. The SMILES string of the molecule is Cc1ccc2[nH+]c(SCC(=O)NCc3ccccc3)[nH]c2c1. The summed E-state index contributed by atoms with van der Waals surface area (Å²) in [5.41, 5.74) is 4.43. The number of aromatic nitrogens is 2. The normalized spacial score (nSPS) is 10.8. The van der Waals surface area contributed by atoms with Crippen LogP contribution in [-0.4, -0.2) is 16.6 Å². The van der Waals surface area contributed by atoms with Crippen molar-refractivity contribution < 1.29 is 9.78 Å². The van der Waals surface area contributed by atoms with Gasteiger partial charge in [0.05, 0.1) is 5.75 Å². The Morgan fingerprint density at radius 3 is 2.86 bits per heavy atom. The molecule has 0 aliphatic heterocycles. The van der Waals surface area contributed by atoms with Gasteiger partial charge in [0.2, 0.25) is 5.91 Å². The molecule has 0 saturated heterocycles. The Hall–Kier alpha value is -2.27. The van der Waals surface area contributed by atoms with Gasteiger partial charge in [-0.15, -0.1) is 0 Å². The number of H-pyrrole nitrogens is 2. The minimum absolute atomic E-state index is 0.0251. The molecular weight excluding hydrogens is 294 g/mol. The molecule has 112 valence electrons. The number of fused-ring (bicyclic) bond motifs is 1. The maximum Gasteiger partial charge on any atom is 0.315 e. The first kappa shape index (κ1) is 14.7. The number of carbonyl (C=O) groups is 1. The minimum atomic E-state index is 0.0251. The number of carbonyl (C=O) groups excluding carboxylic acids is 1. The zero-order valence-electron chi connectivity index (χ0n) is 12.3. The molecule has 0 fully saturated rings. The first-order valence-corrected chi connectivity index (χ1v) is 8.14. The van der Waals surface area contributed by atoms with Gasteiger partial charge in [0.25, 0.3) is 0 Å². The van der Waals surface area contributed by atoms with Crippen LogP contribution in [0.2, 0.25) is 0 Å². The first-order valence-electron chi connectivity index (χ1n) is 7.16. The van der Waals surface area contributed by atoms with E-state index in [4.69, 9.17) is 0 Å². The topological polar surface area (TPSA) is 59.0 Å². The summed E-state index contributed by atoms with van der Waals surface area (Å²) < 4.78 is 0. The second-order valence-corrected chi connectivity index (χ2v) is 6.16. The highest BCUT2D eigenvalue weighted by atomic mass is 32.2. The Morgan fingerprint density at radius 1 is 1.23 bits per heavy atom. The van der Waals surface area contributed by atoms with Crippen LogP contribution in [0.5, 0.6) is 0 Å². The number of benzene rings is 2. The maximum atomic E-state index is 11.9. The maximum absolute atomic E-state index is 11.9. The van der Waals surface area contributed by atoms with Gasteiger partial charge in [-0.05, 0) is 41.9 Å². The van der Waals surface area contributed by atoms with Crippen molar-refractivity contribution in [2.75, 3.05) is 5.75 Å². The van der Waals surface area contributed by atoms with Gasteiger partial charge >= 0.3 is 5.16 Å². The van der Waals surface area contributed by atoms with Gasteiger partial charge in [-0.3, -0.25) is 4.79 Å². The van der Waals surface area contributed by atoms with Crippen LogP contribution < -0.4 is 10.3 Å². The Morgan fingerprint density at radius 2 is 2.05 bits per heavy atom. The molecular formula is C17H18N3OS+. The lowest BCUT2D eigenvalue weighted by Crippen LogP contribution is -2.24. The van der Waals surface area contributed by atoms with E-state index in [1.54, 1.807) is 0 Å². The number of hydrogen-bond donors (Lipinski definition) is 2. The average Bonchev–Trinajstić information content (AvgIpc) is 2.94. The Balaban J connectivity index is 1.53.